The van der Waals surface area contributed by atoms with Crippen molar-refractivity contribution < 1.29 is 19.8 Å². The summed E-state index contributed by atoms with van der Waals surface area (Å²) in [5.74, 6) is -0.795. The lowest BCUT2D eigenvalue weighted by atomic mass is 9.67. The number of likely N-dealkylation sites (tertiary alicyclic amines) is 1. The Bertz CT molecular complexity index is 886. The zero-order valence-electron chi connectivity index (χ0n) is 17.5. The summed E-state index contributed by atoms with van der Waals surface area (Å²) in [5.41, 5.74) is 2.04. The Morgan fingerprint density at radius 1 is 1.20 bits per heavy atom. The summed E-state index contributed by atoms with van der Waals surface area (Å²) in [5, 5.41) is 21.4. The third-order valence-corrected chi connectivity index (χ3v) is 6.45. The molecule has 30 heavy (non-hydrogen) atoms. The molecule has 1 fully saturated rings. The number of carbonyl (C=O) groups is 2. The van der Waals surface area contributed by atoms with Crippen LogP contribution >= 0.6 is 0 Å². The first-order valence-corrected chi connectivity index (χ1v) is 10.4. The maximum atomic E-state index is 12.9. The fourth-order valence-corrected chi connectivity index (χ4v) is 4.35. The number of carbonyl (C=O) groups excluding carboxylic acids is 1. The first-order valence-electron chi connectivity index (χ1n) is 10.4. The van der Waals surface area contributed by atoms with Crippen LogP contribution in [0.4, 0.5) is 0 Å². The van der Waals surface area contributed by atoms with Gasteiger partial charge >= 0.3 is 5.97 Å². The highest BCUT2D eigenvalue weighted by Crippen LogP contribution is 2.40. The van der Waals surface area contributed by atoms with Crippen LogP contribution in [0.25, 0.3) is 0 Å². The van der Waals surface area contributed by atoms with Gasteiger partial charge in [0.1, 0.15) is 12.3 Å². The van der Waals surface area contributed by atoms with Gasteiger partial charge in [-0.15, -0.1) is 0 Å². The fourth-order valence-electron chi connectivity index (χ4n) is 4.35. The van der Waals surface area contributed by atoms with Crippen molar-refractivity contribution in [1.29, 1.82) is 0 Å². The standard InChI is InChI=1S/C24H30N2O4/c1-17-16-26(12-11-24(17,2)19-9-6-10-20(27)14-19)21(23(30)25-15-22(28)29)13-18-7-4-3-5-8-18/h3-10,14,17,21,27H,11-13,15-16H2,1-2H3,(H,25,30)(H,28,29)/t17-,21-,24+/m0/s1. The number of aliphatic carboxylic acids is 1. The molecule has 0 aliphatic carbocycles. The van der Waals surface area contributed by atoms with E-state index in [0.717, 1.165) is 17.5 Å². The molecule has 2 aromatic rings. The van der Waals surface area contributed by atoms with Crippen molar-refractivity contribution in [3.05, 3.63) is 65.7 Å². The van der Waals surface area contributed by atoms with Crippen LogP contribution in [-0.2, 0) is 21.4 Å². The van der Waals surface area contributed by atoms with E-state index in [1.165, 1.54) is 0 Å². The van der Waals surface area contributed by atoms with Crippen LogP contribution in [0.2, 0.25) is 0 Å². The van der Waals surface area contributed by atoms with Crippen molar-refractivity contribution in [2.24, 2.45) is 5.92 Å². The van der Waals surface area contributed by atoms with Gasteiger partial charge in [-0.25, -0.2) is 0 Å². The number of hydrogen-bond donors (Lipinski definition) is 3. The van der Waals surface area contributed by atoms with Gasteiger partial charge in [-0.2, -0.15) is 0 Å². The van der Waals surface area contributed by atoms with Gasteiger partial charge in [0.25, 0.3) is 0 Å². The van der Waals surface area contributed by atoms with Gasteiger partial charge in [0.05, 0.1) is 6.04 Å². The predicted octanol–water partition coefficient (Wildman–Crippen LogP) is 2.80. The zero-order chi connectivity index (χ0) is 21.7. The molecule has 1 heterocycles. The van der Waals surface area contributed by atoms with E-state index in [1.54, 1.807) is 6.07 Å². The van der Waals surface area contributed by atoms with Crippen molar-refractivity contribution in [3.8, 4) is 5.75 Å². The van der Waals surface area contributed by atoms with Crippen molar-refractivity contribution in [2.75, 3.05) is 19.6 Å². The van der Waals surface area contributed by atoms with E-state index >= 15 is 0 Å². The molecule has 2 aromatic carbocycles. The number of phenolic OH excluding ortho intramolecular Hbond substituents is 1. The maximum Gasteiger partial charge on any atom is 0.322 e. The van der Waals surface area contributed by atoms with E-state index < -0.39 is 12.0 Å². The summed E-state index contributed by atoms with van der Waals surface area (Å²) in [6.45, 7) is 5.43. The Labute approximate surface area is 177 Å². The van der Waals surface area contributed by atoms with Gasteiger partial charge in [-0.05, 0) is 54.0 Å². The molecule has 6 heteroatoms. The maximum absolute atomic E-state index is 12.9. The van der Waals surface area contributed by atoms with Gasteiger partial charge in [0, 0.05) is 6.54 Å². The van der Waals surface area contributed by atoms with E-state index in [-0.39, 0.29) is 29.5 Å². The number of nitrogens with one attached hydrogen (secondary N) is 1. The summed E-state index contributed by atoms with van der Waals surface area (Å²) in [4.78, 5) is 26.0. The highest BCUT2D eigenvalue weighted by atomic mass is 16.4. The normalized spacial score (nSPS) is 22.9. The number of piperidine rings is 1. The average molecular weight is 411 g/mol. The van der Waals surface area contributed by atoms with Gasteiger partial charge in [0.2, 0.25) is 5.91 Å². The van der Waals surface area contributed by atoms with Crippen LogP contribution in [0.15, 0.2) is 54.6 Å². The molecular formula is C24H30N2O4. The lowest BCUT2D eigenvalue weighted by Crippen LogP contribution is -2.56. The van der Waals surface area contributed by atoms with Gasteiger partial charge in [-0.3, -0.25) is 14.5 Å². The first-order chi connectivity index (χ1) is 14.3. The minimum Gasteiger partial charge on any atom is -0.508 e. The monoisotopic (exact) mass is 410 g/mol. The Morgan fingerprint density at radius 3 is 2.57 bits per heavy atom. The highest BCUT2D eigenvalue weighted by molar-refractivity contribution is 5.85. The molecule has 1 amide bonds. The van der Waals surface area contributed by atoms with Crippen LogP contribution < -0.4 is 5.32 Å². The molecule has 0 unspecified atom stereocenters. The van der Waals surface area contributed by atoms with E-state index in [4.69, 9.17) is 5.11 Å². The van der Waals surface area contributed by atoms with Gasteiger partial charge in [-0.1, -0.05) is 56.3 Å². The summed E-state index contributed by atoms with van der Waals surface area (Å²) in [6.07, 6.45) is 1.37. The molecule has 0 aromatic heterocycles. The molecular weight excluding hydrogens is 380 g/mol. The van der Waals surface area contributed by atoms with E-state index in [9.17, 15) is 14.7 Å². The molecule has 3 atom stereocenters. The minimum atomic E-state index is -1.05. The number of benzene rings is 2. The molecule has 0 spiro atoms. The van der Waals surface area contributed by atoms with Crippen LogP contribution in [-0.4, -0.2) is 52.7 Å². The van der Waals surface area contributed by atoms with Crippen molar-refractivity contribution >= 4 is 11.9 Å². The lowest BCUT2D eigenvalue weighted by molar-refractivity contribution is -0.139. The SMILES string of the molecule is C[C@H]1CN([C@@H](Cc2ccccc2)C(=O)NCC(=O)O)CC[C@@]1(C)c1cccc(O)c1. The zero-order valence-corrected chi connectivity index (χ0v) is 17.5. The molecule has 6 nitrogen and oxygen atoms in total. The Balaban J connectivity index is 1.79. The first kappa shape index (κ1) is 21.8. The van der Waals surface area contributed by atoms with Crippen LogP contribution in [0.1, 0.15) is 31.4 Å². The van der Waals surface area contributed by atoms with E-state index in [1.807, 2.05) is 48.5 Å². The molecule has 1 aliphatic rings. The smallest absolute Gasteiger partial charge is 0.322 e. The third kappa shape index (κ3) is 5.00. The topological polar surface area (TPSA) is 89.9 Å². The second-order valence-electron chi connectivity index (χ2n) is 8.43. The Morgan fingerprint density at radius 2 is 1.93 bits per heavy atom. The second-order valence-corrected chi connectivity index (χ2v) is 8.43. The summed E-state index contributed by atoms with van der Waals surface area (Å²) < 4.78 is 0. The average Bonchev–Trinajstić information content (AvgIpc) is 2.73. The number of aromatic hydroxyl groups is 1. The number of hydrogen-bond acceptors (Lipinski definition) is 4. The molecule has 1 saturated heterocycles. The molecule has 0 saturated carbocycles. The summed E-state index contributed by atoms with van der Waals surface area (Å²) in [6, 6.07) is 16.8. The molecule has 0 bridgehead atoms. The molecule has 3 N–H and O–H groups in total. The number of nitrogens with zero attached hydrogens (tertiary/aromatic N) is 1. The molecule has 1 aliphatic heterocycles. The van der Waals surface area contributed by atoms with Crippen molar-refractivity contribution in [1.82, 2.24) is 10.2 Å². The van der Waals surface area contributed by atoms with Crippen molar-refractivity contribution in [3.63, 3.8) is 0 Å². The number of phenols is 1. The lowest BCUT2D eigenvalue weighted by Gasteiger charge is -2.47. The van der Waals surface area contributed by atoms with Crippen LogP contribution in [0, 0.1) is 5.92 Å². The third-order valence-electron chi connectivity index (χ3n) is 6.45. The molecule has 160 valence electrons. The predicted molar refractivity (Wildman–Crippen MR) is 115 cm³/mol. The number of carboxylic acids is 1. The quantitative estimate of drug-likeness (QED) is 0.653. The fraction of sp³-hybridized carbons (Fsp3) is 0.417. The number of carboxylic acid groups (broad SMARTS) is 1. The second kappa shape index (κ2) is 9.30. The summed E-state index contributed by atoms with van der Waals surface area (Å²) >= 11 is 0. The minimum absolute atomic E-state index is 0.107. The van der Waals surface area contributed by atoms with Gasteiger partial charge < -0.3 is 15.5 Å². The number of rotatable bonds is 7. The van der Waals surface area contributed by atoms with Crippen molar-refractivity contribution in [2.45, 2.75) is 38.1 Å². The number of amides is 1. The van der Waals surface area contributed by atoms with E-state index in [0.29, 0.717) is 19.5 Å². The Hall–Kier alpha value is -2.86. The highest BCUT2D eigenvalue weighted by Gasteiger charge is 2.41. The largest absolute Gasteiger partial charge is 0.508 e. The summed E-state index contributed by atoms with van der Waals surface area (Å²) in [7, 11) is 0. The van der Waals surface area contributed by atoms with Gasteiger partial charge in [0.15, 0.2) is 0 Å². The molecule has 0 radical (unpaired) electrons. The Kier molecular flexibility index (Phi) is 6.77. The van der Waals surface area contributed by atoms with Crippen LogP contribution in [0.3, 0.4) is 0 Å². The van der Waals surface area contributed by atoms with Crippen LogP contribution in [0.5, 0.6) is 5.75 Å². The van der Waals surface area contributed by atoms with E-state index in [2.05, 4.69) is 24.1 Å². The molecule has 3 rings (SSSR count).